The van der Waals surface area contributed by atoms with Crippen molar-refractivity contribution in [2.24, 2.45) is 5.92 Å². The number of anilines is 2. The molecule has 4 heteroatoms. The molecule has 1 fully saturated rings. The molecule has 1 aliphatic carbocycles. The first-order chi connectivity index (χ1) is 9.22. The van der Waals surface area contributed by atoms with Gasteiger partial charge in [0.25, 0.3) is 0 Å². The van der Waals surface area contributed by atoms with Crippen LogP contribution in [0.5, 0.6) is 0 Å². The molecule has 2 N–H and O–H groups in total. The highest BCUT2D eigenvalue weighted by Gasteiger charge is 2.23. The fourth-order valence-corrected chi connectivity index (χ4v) is 2.15. The molecule has 0 aliphatic heterocycles. The quantitative estimate of drug-likeness (QED) is 0.911. The molecule has 0 spiro atoms. The van der Waals surface area contributed by atoms with Gasteiger partial charge in [-0.2, -0.15) is 0 Å². The Morgan fingerprint density at radius 3 is 2.63 bits per heavy atom. The topological polar surface area (TPSA) is 55.0 Å². The standard InChI is InChI=1S/C15H18N4/c1-19(10-11-7-8-11)14-9-13(16)17-15(18-14)12-5-3-2-4-6-12/h2-6,9,11H,7-8,10H2,1H3,(H2,16,17,18). The van der Waals surface area contributed by atoms with E-state index in [1.165, 1.54) is 12.8 Å². The van der Waals surface area contributed by atoms with Crippen molar-refractivity contribution in [2.75, 3.05) is 24.2 Å². The summed E-state index contributed by atoms with van der Waals surface area (Å²) in [6.07, 6.45) is 2.66. The molecule has 0 amide bonds. The molecule has 98 valence electrons. The lowest BCUT2D eigenvalue weighted by molar-refractivity contribution is 0.776. The second-order valence-corrected chi connectivity index (χ2v) is 5.16. The van der Waals surface area contributed by atoms with Crippen molar-refractivity contribution in [3.05, 3.63) is 36.4 Å². The SMILES string of the molecule is CN(CC1CC1)c1cc(N)nc(-c2ccccc2)n1. The number of aromatic nitrogens is 2. The van der Waals surface area contributed by atoms with Gasteiger partial charge >= 0.3 is 0 Å². The van der Waals surface area contributed by atoms with Gasteiger partial charge in [0.1, 0.15) is 11.6 Å². The summed E-state index contributed by atoms with van der Waals surface area (Å²) in [6, 6.07) is 11.8. The van der Waals surface area contributed by atoms with E-state index in [2.05, 4.69) is 21.9 Å². The van der Waals surface area contributed by atoms with Gasteiger partial charge in [-0.3, -0.25) is 0 Å². The summed E-state index contributed by atoms with van der Waals surface area (Å²) >= 11 is 0. The molecular weight excluding hydrogens is 236 g/mol. The Morgan fingerprint density at radius 1 is 1.21 bits per heavy atom. The highest BCUT2D eigenvalue weighted by Crippen LogP contribution is 2.31. The third-order valence-corrected chi connectivity index (χ3v) is 3.38. The van der Waals surface area contributed by atoms with E-state index in [4.69, 9.17) is 5.73 Å². The fraction of sp³-hybridized carbons (Fsp3) is 0.333. The normalized spacial score (nSPS) is 14.4. The monoisotopic (exact) mass is 254 g/mol. The Hall–Kier alpha value is -2.10. The molecule has 1 saturated carbocycles. The molecular formula is C15H18N4. The maximum absolute atomic E-state index is 5.90. The van der Waals surface area contributed by atoms with Crippen molar-refractivity contribution >= 4 is 11.6 Å². The number of hydrogen-bond acceptors (Lipinski definition) is 4. The van der Waals surface area contributed by atoms with Gasteiger partial charge in [0.05, 0.1) is 0 Å². The van der Waals surface area contributed by atoms with Crippen molar-refractivity contribution in [1.29, 1.82) is 0 Å². The summed E-state index contributed by atoms with van der Waals surface area (Å²) in [4.78, 5) is 11.1. The predicted octanol–water partition coefficient (Wildman–Crippen LogP) is 2.57. The molecule has 0 radical (unpaired) electrons. The summed E-state index contributed by atoms with van der Waals surface area (Å²) in [5.74, 6) is 2.93. The van der Waals surface area contributed by atoms with E-state index in [1.807, 2.05) is 36.4 Å². The zero-order chi connectivity index (χ0) is 13.2. The first-order valence-electron chi connectivity index (χ1n) is 6.63. The molecule has 3 rings (SSSR count). The van der Waals surface area contributed by atoms with Gasteiger partial charge in [-0.1, -0.05) is 30.3 Å². The molecule has 1 aromatic carbocycles. The maximum Gasteiger partial charge on any atom is 0.163 e. The molecule has 1 aromatic heterocycles. The number of hydrogen-bond donors (Lipinski definition) is 1. The number of nitrogens with zero attached hydrogens (tertiary/aromatic N) is 3. The minimum atomic E-state index is 0.520. The van der Waals surface area contributed by atoms with Gasteiger partial charge in [-0.05, 0) is 18.8 Å². The first-order valence-corrected chi connectivity index (χ1v) is 6.63. The molecule has 4 nitrogen and oxygen atoms in total. The smallest absolute Gasteiger partial charge is 0.163 e. The van der Waals surface area contributed by atoms with Gasteiger partial charge in [0.2, 0.25) is 0 Å². The average Bonchev–Trinajstić information content (AvgIpc) is 3.23. The summed E-state index contributed by atoms with van der Waals surface area (Å²) in [5.41, 5.74) is 6.90. The van der Waals surface area contributed by atoms with Gasteiger partial charge in [-0.15, -0.1) is 0 Å². The van der Waals surface area contributed by atoms with Crippen molar-refractivity contribution in [3.63, 3.8) is 0 Å². The third-order valence-electron chi connectivity index (χ3n) is 3.38. The lowest BCUT2D eigenvalue weighted by atomic mass is 10.2. The Labute approximate surface area is 113 Å². The van der Waals surface area contributed by atoms with Crippen LogP contribution in [0, 0.1) is 5.92 Å². The van der Waals surface area contributed by atoms with Crippen LogP contribution in [0.3, 0.4) is 0 Å². The zero-order valence-electron chi connectivity index (χ0n) is 11.1. The van der Waals surface area contributed by atoms with Crippen LogP contribution < -0.4 is 10.6 Å². The zero-order valence-corrected chi connectivity index (χ0v) is 11.1. The van der Waals surface area contributed by atoms with E-state index >= 15 is 0 Å². The molecule has 1 aliphatic rings. The van der Waals surface area contributed by atoms with E-state index in [9.17, 15) is 0 Å². The highest BCUT2D eigenvalue weighted by atomic mass is 15.2. The first kappa shape index (κ1) is 12.0. The van der Waals surface area contributed by atoms with Crippen LogP contribution in [0.25, 0.3) is 11.4 Å². The predicted molar refractivity (Wildman–Crippen MR) is 77.9 cm³/mol. The van der Waals surface area contributed by atoms with Crippen LogP contribution >= 0.6 is 0 Å². The summed E-state index contributed by atoms with van der Waals surface area (Å²) < 4.78 is 0. The number of benzene rings is 1. The van der Waals surface area contributed by atoms with Crippen LogP contribution in [0.15, 0.2) is 36.4 Å². The molecule has 0 saturated heterocycles. The summed E-state index contributed by atoms with van der Waals surface area (Å²) in [6.45, 7) is 1.05. The van der Waals surface area contributed by atoms with Gasteiger partial charge in [0, 0.05) is 25.2 Å². The van der Waals surface area contributed by atoms with Crippen molar-refractivity contribution < 1.29 is 0 Å². The maximum atomic E-state index is 5.90. The highest BCUT2D eigenvalue weighted by molar-refractivity contribution is 5.60. The van der Waals surface area contributed by atoms with Crippen molar-refractivity contribution in [1.82, 2.24) is 9.97 Å². The van der Waals surface area contributed by atoms with E-state index in [0.29, 0.717) is 11.6 Å². The Kier molecular flexibility index (Phi) is 3.07. The van der Waals surface area contributed by atoms with E-state index in [0.717, 1.165) is 23.8 Å². The molecule has 19 heavy (non-hydrogen) atoms. The van der Waals surface area contributed by atoms with Crippen molar-refractivity contribution in [2.45, 2.75) is 12.8 Å². The molecule has 0 bridgehead atoms. The largest absolute Gasteiger partial charge is 0.384 e. The molecule has 0 atom stereocenters. The van der Waals surface area contributed by atoms with Gasteiger partial charge < -0.3 is 10.6 Å². The van der Waals surface area contributed by atoms with Crippen LogP contribution in [0.4, 0.5) is 11.6 Å². The van der Waals surface area contributed by atoms with E-state index in [1.54, 1.807) is 0 Å². The number of rotatable bonds is 4. The van der Waals surface area contributed by atoms with Crippen LogP contribution in [0.1, 0.15) is 12.8 Å². The summed E-state index contributed by atoms with van der Waals surface area (Å²) in [5, 5.41) is 0. The van der Waals surface area contributed by atoms with Gasteiger partial charge in [-0.25, -0.2) is 9.97 Å². The second-order valence-electron chi connectivity index (χ2n) is 5.16. The number of nitrogen functional groups attached to an aromatic ring is 1. The lowest BCUT2D eigenvalue weighted by Gasteiger charge is -2.18. The molecule has 0 unspecified atom stereocenters. The minimum absolute atomic E-state index is 0.520. The Bertz CT molecular complexity index is 564. The van der Waals surface area contributed by atoms with Crippen LogP contribution in [0.2, 0.25) is 0 Å². The molecule has 1 heterocycles. The van der Waals surface area contributed by atoms with Crippen LogP contribution in [-0.2, 0) is 0 Å². The van der Waals surface area contributed by atoms with Gasteiger partial charge in [0.15, 0.2) is 5.82 Å². The molecule has 2 aromatic rings. The van der Waals surface area contributed by atoms with Crippen molar-refractivity contribution in [3.8, 4) is 11.4 Å². The third kappa shape index (κ3) is 2.84. The second kappa shape index (κ2) is 4.88. The lowest BCUT2D eigenvalue weighted by Crippen LogP contribution is -2.21. The fourth-order valence-electron chi connectivity index (χ4n) is 2.15. The minimum Gasteiger partial charge on any atom is -0.384 e. The average molecular weight is 254 g/mol. The number of nitrogens with two attached hydrogens (primary N) is 1. The summed E-state index contributed by atoms with van der Waals surface area (Å²) in [7, 11) is 2.06. The Morgan fingerprint density at radius 2 is 1.95 bits per heavy atom. The van der Waals surface area contributed by atoms with E-state index in [-0.39, 0.29) is 0 Å². The van der Waals surface area contributed by atoms with Crippen LogP contribution in [-0.4, -0.2) is 23.6 Å². The Balaban J connectivity index is 1.91. The van der Waals surface area contributed by atoms with E-state index < -0.39 is 0 Å².